The molecule has 1 heterocycles. The van der Waals surface area contributed by atoms with Crippen LogP contribution < -0.4 is 10.6 Å². The molecular weight excluding hydrogens is 238 g/mol. The molecule has 2 N–H and O–H groups in total. The molecule has 104 valence electrons. The summed E-state index contributed by atoms with van der Waals surface area (Å²) in [7, 11) is 4.08. The molecule has 4 nitrogen and oxygen atoms in total. The molecule has 2 rings (SSSR count). The lowest BCUT2D eigenvalue weighted by Crippen LogP contribution is -2.32. The molecule has 1 saturated heterocycles. The van der Waals surface area contributed by atoms with E-state index in [4.69, 9.17) is 0 Å². The van der Waals surface area contributed by atoms with Gasteiger partial charge in [-0.15, -0.1) is 0 Å². The van der Waals surface area contributed by atoms with E-state index in [-0.39, 0.29) is 17.9 Å². The van der Waals surface area contributed by atoms with Crippen LogP contribution in [0, 0.1) is 5.92 Å². The van der Waals surface area contributed by atoms with E-state index in [2.05, 4.69) is 28.5 Å². The third-order valence-electron chi connectivity index (χ3n) is 3.56. The average Bonchev–Trinajstić information content (AvgIpc) is 2.75. The molecule has 1 fully saturated rings. The molecule has 0 saturated carbocycles. The van der Waals surface area contributed by atoms with E-state index in [1.165, 1.54) is 5.56 Å². The van der Waals surface area contributed by atoms with Gasteiger partial charge in [-0.25, -0.2) is 0 Å². The Labute approximate surface area is 115 Å². The third kappa shape index (κ3) is 3.78. The first kappa shape index (κ1) is 14.0. The standard InChI is InChI=1S/C15H23N3O/c1-11-14(7-8-16-11)15(19)17-13-6-4-5-12(9-13)10-18(2)3/h4-6,9,11,14,16H,7-8,10H2,1-3H3,(H,17,19). The predicted molar refractivity (Wildman–Crippen MR) is 78.0 cm³/mol. The fraction of sp³-hybridized carbons (Fsp3) is 0.533. The number of rotatable bonds is 4. The molecule has 0 bridgehead atoms. The number of hydrogen-bond acceptors (Lipinski definition) is 3. The number of amides is 1. The molecule has 0 aliphatic carbocycles. The van der Waals surface area contributed by atoms with Crippen molar-refractivity contribution in [2.75, 3.05) is 26.0 Å². The molecule has 0 aromatic heterocycles. The molecule has 1 amide bonds. The Hall–Kier alpha value is -1.39. The van der Waals surface area contributed by atoms with Crippen molar-refractivity contribution in [3.8, 4) is 0 Å². The summed E-state index contributed by atoms with van der Waals surface area (Å²) in [5, 5.41) is 6.34. The van der Waals surface area contributed by atoms with Crippen molar-refractivity contribution in [3.63, 3.8) is 0 Å². The van der Waals surface area contributed by atoms with E-state index in [0.29, 0.717) is 0 Å². The Morgan fingerprint density at radius 1 is 1.47 bits per heavy atom. The van der Waals surface area contributed by atoms with Crippen LogP contribution in [0.1, 0.15) is 18.9 Å². The molecule has 0 radical (unpaired) electrons. The Morgan fingerprint density at radius 3 is 2.89 bits per heavy atom. The minimum atomic E-state index is 0.0810. The second-order valence-electron chi connectivity index (χ2n) is 5.57. The van der Waals surface area contributed by atoms with E-state index in [1.54, 1.807) is 0 Å². The highest BCUT2D eigenvalue weighted by Gasteiger charge is 2.29. The molecule has 2 atom stereocenters. The topological polar surface area (TPSA) is 44.4 Å². The smallest absolute Gasteiger partial charge is 0.229 e. The summed E-state index contributed by atoms with van der Waals surface area (Å²) in [4.78, 5) is 14.3. The first-order chi connectivity index (χ1) is 9.06. The molecule has 4 heteroatoms. The van der Waals surface area contributed by atoms with Crippen molar-refractivity contribution in [3.05, 3.63) is 29.8 Å². The lowest BCUT2D eigenvalue weighted by atomic mass is 10.0. The summed E-state index contributed by atoms with van der Waals surface area (Å²) >= 11 is 0. The first-order valence-corrected chi connectivity index (χ1v) is 6.84. The van der Waals surface area contributed by atoms with Crippen molar-refractivity contribution in [1.82, 2.24) is 10.2 Å². The number of nitrogens with zero attached hydrogens (tertiary/aromatic N) is 1. The second kappa shape index (κ2) is 6.17. The molecule has 1 aliphatic rings. The quantitative estimate of drug-likeness (QED) is 0.867. The second-order valence-corrected chi connectivity index (χ2v) is 5.57. The Morgan fingerprint density at radius 2 is 2.26 bits per heavy atom. The van der Waals surface area contributed by atoms with E-state index in [9.17, 15) is 4.79 Å². The highest BCUT2D eigenvalue weighted by atomic mass is 16.1. The van der Waals surface area contributed by atoms with E-state index in [1.807, 2.05) is 32.3 Å². The zero-order chi connectivity index (χ0) is 13.8. The van der Waals surface area contributed by atoms with Gasteiger partial charge < -0.3 is 15.5 Å². The maximum Gasteiger partial charge on any atom is 0.229 e. The molecule has 1 aliphatic heterocycles. The molecule has 1 aromatic carbocycles. The van der Waals surface area contributed by atoms with Crippen molar-refractivity contribution >= 4 is 11.6 Å². The SMILES string of the molecule is CC1NCCC1C(=O)Nc1cccc(CN(C)C)c1. The van der Waals surface area contributed by atoms with E-state index >= 15 is 0 Å². The number of carbonyl (C=O) groups excluding carboxylic acids is 1. The number of benzene rings is 1. The fourth-order valence-corrected chi connectivity index (χ4v) is 2.56. The minimum absolute atomic E-state index is 0.0810. The average molecular weight is 261 g/mol. The van der Waals surface area contributed by atoms with Crippen LogP contribution in [-0.2, 0) is 11.3 Å². The van der Waals surface area contributed by atoms with Gasteiger partial charge in [0.05, 0.1) is 5.92 Å². The summed E-state index contributed by atoms with van der Waals surface area (Å²) in [6.45, 7) is 3.88. The Kier molecular flexibility index (Phi) is 4.56. The lowest BCUT2D eigenvalue weighted by molar-refractivity contribution is -0.119. The summed E-state index contributed by atoms with van der Waals surface area (Å²) < 4.78 is 0. The minimum Gasteiger partial charge on any atom is -0.326 e. The lowest BCUT2D eigenvalue weighted by Gasteiger charge is -2.16. The van der Waals surface area contributed by atoms with Crippen LogP contribution in [0.3, 0.4) is 0 Å². The van der Waals surface area contributed by atoms with Gasteiger partial charge in [0.15, 0.2) is 0 Å². The van der Waals surface area contributed by atoms with Gasteiger partial charge in [-0.1, -0.05) is 12.1 Å². The highest BCUT2D eigenvalue weighted by Crippen LogP contribution is 2.19. The van der Waals surface area contributed by atoms with Gasteiger partial charge in [-0.3, -0.25) is 4.79 Å². The zero-order valence-electron chi connectivity index (χ0n) is 11.9. The van der Waals surface area contributed by atoms with E-state index in [0.717, 1.165) is 25.2 Å². The molecule has 19 heavy (non-hydrogen) atoms. The summed E-state index contributed by atoms with van der Waals surface area (Å²) in [5.74, 6) is 0.206. The molecular formula is C15H23N3O. The van der Waals surface area contributed by atoms with Crippen LogP contribution in [0.2, 0.25) is 0 Å². The summed E-state index contributed by atoms with van der Waals surface area (Å²) in [6.07, 6.45) is 0.921. The molecule has 0 spiro atoms. The fourth-order valence-electron chi connectivity index (χ4n) is 2.56. The Balaban J connectivity index is 2.00. The molecule has 1 aromatic rings. The van der Waals surface area contributed by atoms with Gasteiger partial charge in [0.25, 0.3) is 0 Å². The summed E-state index contributed by atoms with van der Waals surface area (Å²) in [5.41, 5.74) is 2.10. The Bertz CT molecular complexity index is 445. The monoisotopic (exact) mass is 261 g/mol. The van der Waals surface area contributed by atoms with Crippen molar-refractivity contribution in [1.29, 1.82) is 0 Å². The largest absolute Gasteiger partial charge is 0.326 e. The maximum absolute atomic E-state index is 12.2. The third-order valence-corrected chi connectivity index (χ3v) is 3.56. The van der Waals surface area contributed by atoms with Crippen LogP contribution in [0.25, 0.3) is 0 Å². The number of anilines is 1. The van der Waals surface area contributed by atoms with Gasteiger partial charge in [-0.2, -0.15) is 0 Å². The van der Waals surface area contributed by atoms with Crippen LogP contribution in [0.5, 0.6) is 0 Å². The van der Waals surface area contributed by atoms with Crippen LogP contribution in [-0.4, -0.2) is 37.5 Å². The molecule has 2 unspecified atom stereocenters. The van der Waals surface area contributed by atoms with Crippen LogP contribution >= 0.6 is 0 Å². The van der Waals surface area contributed by atoms with Gasteiger partial charge >= 0.3 is 0 Å². The summed E-state index contributed by atoms with van der Waals surface area (Å²) in [6, 6.07) is 8.33. The maximum atomic E-state index is 12.2. The number of carbonyl (C=O) groups is 1. The van der Waals surface area contributed by atoms with Gasteiger partial charge in [-0.05, 0) is 51.7 Å². The van der Waals surface area contributed by atoms with Gasteiger partial charge in [0.1, 0.15) is 0 Å². The van der Waals surface area contributed by atoms with Crippen LogP contribution in [0.4, 0.5) is 5.69 Å². The normalized spacial score (nSPS) is 22.7. The highest BCUT2D eigenvalue weighted by molar-refractivity contribution is 5.93. The number of nitrogens with one attached hydrogen (secondary N) is 2. The zero-order valence-corrected chi connectivity index (χ0v) is 11.9. The first-order valence-electron chi connectivity index (χ1n) is 6.84. The van der Waals surface area contributed by atoms with Crippen molar-refractivity contribution < 1.29 is 4.79 Å². The van der Waals surface area contributed by atoms with Crippen molar-refractivity contribution in [2.45, 2.75) is 25.9 Å². The number of hydrogen-bond donors (Lipinski definition) is 2. The van der Waals surface area contributed by atoms with Crippen LogP contribution in [0.15, 0.2) is 24.3 Å². The van der Waals surface area contributed by atoms with Gasteiger partial charge in [0.2, 0.25) is 5.91 Å². The van der Waals surface area contributed by atoms with Crippen molar-refractivity contribution in [2.24, 2.45) is 5.92 Å². The predicted octanol–water partition coefficient (Wildman–Crippen LogP) is 1.68. The van der Waals surface area contributed by atoms with E-state index < -0.39 is 0 Å². The van der Waals surface area contributed by atoms with Gasteiger partial charge in [0, 0.05) is 18.3 Å².